The summed E-state index contributed by atoms with van der Waals surface area (Å²) in [4.78, 5) is 17.1. The number of rotatable bonds is 2. The Balaban J connectivity index is 1.90. The molecule has 6 nitrogen and oxygen atoms in total. The Labute approximate surface area is 124 Å². The maximum absolute atomic E-state index is 6.04. The Kier molecular flexibility index (Phi) is 3.94. The fourth-order valence-corrected chi connectivity index (χ4v) is 3.15. The summed E-state index contributed by atoms with van der Waals surface area (Å²) in [6.45, 7) is 1.54. The van der Waals surface area contributed by atoms with Gasteiger partial charge in [0.05, 0.1) is 18.8 Å². The average molecular weight is 298 g/mol. The fourth-order valence-electron chi connectivity index (χ4n) is 3.00. The molecule has 0 N–H and O–H groups in total. The van der Waals surface area contributed by atoms with E-state index in [4.69, 9.17) is 16.3 Å². The van der Waals surface area contributed by atoms with E-state index in [-0.39, 0.29) is 5.28 Å². The van der Waals surface area contributed by atoms with E-state index in [1.807, 2.05) is 19.0 Å². The molecule has 0 radical (unpaired) electrons. The highest BCUT2D eigenvalue weighted by molar-refractivity contribution is 6.28. The molecule has 1 aliphatic heterocycles. The van der Waals surface area contributed by atoms with Gasteiger partial charge >= 0.3 is 0 Å². The normalized spacial score (nSPS) is 26.2. The highest BCUT2D eigenvalue weighted by atomic mass is 35.5. The standard InChI is InChI=1S/C13H20ClN5O/c1-18(2)12-15-11(14)16-13(17-12)19-7-8-20-10-6-4-3-5-9(10)19/h9-10H,3-8H2,1-2H3. The van der Waals surface area contributed by atoms with Crippen LogP contribution in [-0.4, -0.2) is 54.3 Å². The van der Waals surface area contributed by atoms with Crippen molar-refractivity contribution in [3.05, 3.63) is 5.28 Å². The molecule has 20 heavy (non-hydrogen) atoms. The van der Waals surface area contributed by atoms with Crippen LogP contribution < -0.4 is 9.80 Å². The van der Waals surface area contributed by atoms with E-state index < -0.39 is 0 Å². The third-order valence-corrected chi connectivity index (χ3v) is 4.14. The number of morpholine rings is 1. The van der Waals surface area contributed by atoms with Crippen LogP contribution >= 0.6 is 11.6 Å². The van der Waals surface area contributed by atoms with Crippen molar-refractivity contribution < 1.29 is 4.74 Å². The van der Waals surface area contributed by atoms with E-state index in [0.717, 1.165) is 26.0 Å². The first-order valence-corrected chi connectivity index (χ1v) is 7.50. The van der Waals surface area contributed by atoms with Crippen LogP contribution in [0.15, 0.2) is 0 Å². The van der Waals surface area contributed by atoms with Gasteiger partial charge in [0.15, 0.2) is 0 Å². The molecule has 2 fully saturated rings. The molecule has 0 amide bonds. The van der Waals surface area contributed by atoms with Crippen molar-refractivity contribution in [2.24, 2.45) is 0 Å². The molecule has 2 unspecified atom stereocenters. The molecule has 0 spiro atoms. The van der Waals surface area contributed by atoms with Crippen molar-refractivity contribution in [3.63, 3.8) is 0 Å². The fraction of sp³-hybridized carbons (Fsp3) is 0.769. The molecule has 3 rings (SSSR count). The molecule has 1 aromatic heterocycles. The van der Waals surface area contributed by atoms with E-state index in [0.29, 0.717) is 24.0 Å². The molecule has 7 heteroatoms. The van der Waals surface area contributed by atoms with Crippen molar-refractivity contribution in [1.29, 1.82) is 0 Å². The first-order chi connectivity index (χ1) is 9.65. The monoisotopic (exact) mass is 297 g/mol. The summed E-state index contributed by atoms with van der Waals surface area (Å²) in [5, 5.41) is 0.248. The van der Waals surface area contributed by atoms with E-state index in [1.54, 1.807) is 0 Å². The number of halogens is 1. The zero-order chi connectivity index (χ0) is 14.1. The number of ether oxygens (including phenoxy) is 1. The summed E-state index contributed by atoms with van der Waals surface area (Å²) in [5.74, 6) is 1.27. The van der Waals surface area contributed by atoms with Gasteiger partial charge in [-0.15, -0.1) is 0 Å². The van der Waals surface area contributed by atoms with E-state index in [2.05, 4.69) is 19.9 Å². The molecule has 2 aliphatic rings. The highest BCUT2D eigenvalue weighted by Crippen LogP contribution is 2.31. The lowest BCUT2D eigenvalue weighted by Gasteiger charge is -2.43. The van der Waals surface area contributed by atoms with Gasteiger partial charge in [-0.05, 0) is 24.4 Å². The smallest absolute Gasteiger partial charge is 0.231 e. The number of anilines is 2. The Morgan fingerprint density at radius 3 is 2.80 bits per heavy atom. The summed E-state index contributed by atoms with van der Waals surface area (Å²) < 4.78 is 5.89. The maximum atomic E-state index is 6.04. The van der Waals surface area contributed by atoms with Crippen LogP contribution in [0.5, 0.6) is 0 Å². The summed E-state index contributed by atoms with van der Waals surface area (Å²) in [6, 6.07) is 0.367. The molecule has 1 saturated carbocycles. The Bertz CT molecular complexity index is 482. The van der Waals surface area contributed by atoms with Gasteiger partial charge < -0.3 is 14.5 Å². The van der Waals surface area contributed by atoms with Gasteiger partial charge in [0, 0.05) is 20.6 Å². The molecule has 110 valence electrons. The molecule has 1 aromatic rings. The molecule has 2 atom stereocenters. The van der Waals surface area contributed by atoms with Crippen molar-refractivity contribution in [1.82, 2.24) is 15.0 Å². The number of fused-ring (bicyclic) bond motifs is 1. The predicted octanol–water partition coefficient (Wildman–Crippen LogP) is 1.74. The second kappa shape index (κ2) is 5.69. The number of aromatic nitrogens is 3. The van der Waals surface area contributed by atoms with Gasteiger partial charge in [0.1, 0.15) is 0 Å². The first-order valence-electron chi connectivity index (χ1n) is 7.12. The number of hydrogen-bond donors (Lipinski definition) is 0. The van der Waals surface area contributed by atoms with Crippen molar-refractivity contribution >= 4 is 23.5 Å². The van der Waals surface area contributed by atoms with Crippen LogP contribution in [-0.2, 0) is 4.74 Å². The van der Waals surface area contributed by atoms with E-state index in [9.17, 15) is 0 Å². The summed E-state index contributed by atoms with van der Waals surface area (Å²) in [7, 11) is 3.80. The SMILES string of the molecule is CN(C)c1nc(Cl)nc(N2CCOC3CCCCC32)n1. The topological polar surface area (TPSA) is 54.4 Å². The van der Waals surface area contributed by atoms with E-state index in [1.165, 1.54) is 12.8 Å². The highest BCUT2D eigenvalue weighted by Gasteiger charge is 2.35. The lowest BCUT2D eigenvalue weighted by molar-refractivity contribution is -0.00932. The molecular weight excluding hydrogens is 278 g/mol. The van der Waals surface area contributed by atoms with Gasteiger partial charge in [-0.3, -0.25) is 0 Å². The molecular formula is C13H20ClN5O. The second-order valence-electron chi connectivity index (χ2n) is 5.55. The Morgan fingerprint density at radius 1 is 1.20 bits per heavy atom. The van der Waals surface area contributed by atoms with Crippen molar-refractivity contribution in [3.8, 4) is 0 Å². The second-order valence-corrected chi connectivity index (χ2v) is 5.89. The minimum absolute atomic E-state index is 0.248. The third kappa shape index (κ3) is 2.67. The van der Waals surface area contributed by atoms with Gasteiger partial charge in [-0.2, -0.15) is 15.0 Å². The predicted molar refractivity (Wildman–Crippen MR) is 78.5 cm³/mol. The van der Waals surface area contributed by atoms with Crippen LogP contribution in [0.3, 0.4) is 0 Å². The van der Waals surface area contributed by atoms with Gasteiger partial charge in [-0.1, -0.05) is 12.8 Å². The summed E-state index contributed by atoms with van der Waals surface area (Å²) in [5.41, 5.74) is 0. The zero-order valence-corrected chi connectivity index (χ0v) is 12.7. The summed E-state index contributed by atoms with van der Waals surface area (Å²) in [6.07, 6.45) is 5.04. The number of hydrogen-bond acceptors (Lipinski definition) is 6. The largest absolute Gasteiger partial charge is 0.374 e. The lowest BCUT2D eigenvalue weighted by Crippen LogP contribution is -2.53. The van der Waals surface area contributed by atoms with Crippen LogP contribution in [0.1, 0.15) is 25.7 Å². The molecule has 0 bridgehead atoms. The van der Waals surface area contributed by atoms with Gasteiger partial charge in [-0.25, -0.2) is 0 Å². The molecule has 0 aromatic carbocycles. The average Bonchev–Trinajstić information content (AvgIpc) is 2.46. The number of nitrogens with zero attached hydrogens (tertiary/aromatic N) is 5. The molecule has 2 heterocycles. The van der Waals surface area contributed by atoms with Crippen molar-refractivity contribution in [2.75, 3.05) is 37.0 Å². The third-order valence-electron chi connectivity index (χ3n) is 3.97. The molecule has 1 aliphatic carbocycles. The van der Waals surface area contributed by atoms with E-state index >= 15 is 0 Å². The Morgan fingerprint density at radius 2 is 2.00 bits per heavy atom. The quantitative estimate of drug-likeness (QED) is 0.829. The maximum Gasteiger partial charge on any atom is 0.231 e. The Hall–Kier alpha value is -1.14. The minimum atomic E-state index is 0.248. The van der Waals surface area contributed by atoms with Crippen LogP contribution in [0.25, 0.3) is 0 Å². The van der Waals surface area contributed by atoms with Crippen LogP contribution in [0.4, 0.5) is 11.9 Å². The lowest BCUT2D eigenvalue weighted by atomic mass is 9.90. The zero-order valence-electron chi connectivity index (χ0n) is 11.9. The summed E-state index contributed by atoms with van der Waals surface area (Å²) >= 11 is 6.04. The molecule has 1 saturated heterocycles. The minimum Gasteiger partial charge on any atom is -0.374 e. The van der Waals surface area contributed by atoms with Gasteiger partial charge in [0.25, 0.3) is 0 Å². The van der Waals surface area contributed by atoms with Gasteiger partial charge in [0.2, 0.25) is 17.2 Å². The van der Waals surface area contributed by atoms with Crippen LogP contribution in [0.2, 0.25) is 5.28 Å². The van der Waals surface area contributed by atoms with Crippen LogP contribution in [0, 0.1) is 0 Å². The first kappa shape index (κ1) is 13.8. The van der Waals surface area contributed by atoms with Crippen molar-refractivity contribution in [2.45, 2.75) is 37.8 Å².